The van der Waals surface area contributed by atoms with Gasteiger partial charge >= 0.3 is 0 Å². The Morgan fingerprint density at radius 3 is 2.58 bits per heavy atom. The van der Waals surface area contributed by atoms with E-state index in [-0.39, 0.29) is 5.91 Å². The molecule has 1 aromatic carbocycles. The third kappa shape index (κ3) is 3.10. The molecule has 0 unspecified atom stereocenters. The highest BCUT2D eigenvalue weighted by Gasteiger charge is 2.12. The summed E-state index contributed by atoms with van der Waals surface area (Å²) in [5.74, 6) is -0.0140. The molecule has 0 bridgehead atoms. The van der Waals surface area contributed by atoms with E-state index in [0.717, 1.165) is 11.1 Å². The second kappa shape index (κ2) is 5.52. The van der Waals surface area contributed by atoms with Gasteiger partial charge in [0.05, 0.1) is 0 Å². The zero-order valence-electron chi connectivity index (χ0n) is 11.1. The third-order valence-corrected chi connectivity index (χ3v) is 3.03. The second-order valence-electron chi connectivity index (χ2n) is 4.59. The maximum Gasteiger partial charge on any atom is 0.253 e. The Balaban J connectivity index is 2.12. The Hall–Kier alpha value is -2.36. The van der Waals surface area contributed by atoms with E-state index >= 15 is 0 Å². The maximum atomic E-state index is 12.3. The standard InChI is InChI=1S/C15H17N3O/c1-11-9-13(3-4-14(11)16)15(19)18(2)10-12-5-7-17-8-6-12/h3-9H,10,16H2,1-2H3. The molecule has 0 fully saturated rings. The van der Waals surface area contributed by atoms with Gasteiger partial charge in [0.1, 0.15) is 0 Å². The lowest BCUT2D eigenvalue weighted by Gasteiger charge is -2.17. The van der Waals surface area contributed by atoms with Crippen LogP contribution in [-0.2, 0) is 6.54 Å². The summed E-state index contributed by atoms with van der Waals surface area (Å²) in [5.41, 5.74) is 9.09. The molecule has 2 N–H and O–H groups in total. The van der Waals surface area contributed by atoms with Crippen LogP contribution >= 0.6 is 0 Å². The molecule has 0 aliphatic heterocycles. The van der Waals surface area contributed by atoms with Crippen molar-refractivity contribution < 1.29 is 4.79 Å². The average molecular weight is 255 g/mol. The minimum atomic E-state index is -0.0140. The Kier molecular flexibility index (Phi) is 3.80. The van der Waals surface area contributed by atoms with Crippen LogP contribution in [0.1, 0.15) is 21.5 Å². The van der Waals surface area contributed by atoms with Crippen molar-refractivity contribution in [2.75, 3.05) is 12.8 Å². The predicted octanol–water partition coefficient (Wildman–Crippen LogP) is 2.24. The summed E-state index contributed by atoms with van der Waals surface area (Å²) in [6.45, 7) is 2.46. The summed E-state index contributed by atoms with van der Waals surface area (Å²) < 4.78 is 0. The van der Waals surface area contributed by atoms with E-state index < -0.39 is 0 Å². The van der Waals surface area contributed by atoms with Gasteiger partial charge in [-0.2, -0.15) is 0 Å². The SMILES string of the molecule is Cc1cc(C(=O)N(C)Cc2ccncc2)ccc1N. The van der Waals surface area contributed by atoms with E-state index in [0.29, 0.717) is 17.8 Å². The highest BCUT2D eigenvalue weighted by Crippen LogP contribution is 2.15. The first-order chi connectivity index (χ1) is 9.08. The van der Waals surface area contributed by atoms with Gasteiger partial charge in [-0.1, -0.05) is 0 Å². The number of pyridine rings is 1. The van der Waals surface area contributed by atoms with E-state index in [4.69, 9.17) is 5.73 Å². The van der Waals surface area contributed by atoms with Crippen molar-refractivity contribution in [3.05, 3.63) is 59.4 Å². The van der Waals surface area contributed by atoms with Crippen molar-refractivity contribution >= 4 is 11.6 Å². The van der Waals surface area contributed by atoms with Crippen molar-refractivity contribution in [1.82, 2.24) is 9.88 Å². The van der Waals surface area contributed by atoms with Gasteiger partial charge in [-0.05, 0) is 48.4 Å². The summed E-state index contributed by atoms with van der Waals surface area (Å²) in [7, 11) is 1.79. The summed E-state index contributed by atoms with van der Waals surface area (Å²) in [5, 5.41) is 0. The number of nitrogens with two attached hydrogens (primary N) is 1. The number of aromatic nitrogens is 1. The molecule has 0 saturated carbocycles. The quantitative estimate of drug-likeness (QED) is 0.856. The molecular weight excluding hydrogens is 238 g/mol. The van der Waals surface area contributed by atoms with Crippen LogP contribution in [0.4, 0.5) is 5.69 Å². The molecule has 4 heteroatoms. The largest absolute Gasteiger partial charge is 0.399 e. The van der Waals surface area contributed by atoms with E-state index in [9.17, 15) is 4.79 Å². The smallest absolute Gasteiger partial charge is 0.253 e. The van der Waals surface area contributed by atoms with Crippen LogP contribution in [0.25, 0.3) is 0 Å². The molecule has 0 radical (unpaired) electrons. The molecule has 1 aromatic heterocycles. The number of hydrogen-bond acceptors (Lipinski definition) is 3. The Labute approximate surface area is 112 Å². The summed E-state index contributed by atoms with van der Waals surface area (Å²) in [6.07, 6.45) is 3.45. The molecule has 0 spiro atoms. The molecule has 1 amide bonds. The van der Waals surface area contributed by atoms with E-state index in [1.807, 2.05) is 25.1 Å². The van der Waals surface area contributed by atoms with E-state index in [1.54, 1.807) is 36.5 Å². The van der Waals surface area contributed by atoms with Crippen LogP contribution in [0.3, 0.4) is 0 Å². The molecule has 0 aliphatic rings. The lowest BCUT2D eigenvalue weighted by atomic mass is 10.1. The first kappa shape index (κ1) is 13.1. The summed E-state index contributed by atoms with van der Waals surface area (Å²) in [4.78, 5) is 17.9. The topological polar surface area (TPSA) is 59.2 Å². The fourth-order valence-electron chi connectivity index (χ4n) is 1.86. The van der Waals surface area contributed by atoms with Crippen LogP contribution < -0.4 is 5.73 Å². The van der Waals surface area contributed by atoms with Gasteiger partial charge in [0, 0.05) is 37.2 Å². The van der Waals surface area contributed by atoms with Gasteiger partial charge in [0.15, 0.2) is 0 Å². The van der Waals surface area contributed by atoms with Crippen LogP contribution in [0, 0.1) is 6.92 Å². The number of carbonyl (C=O) groups excluding carboxylic acids is 1. The lowest BCUT2D eigenvalue weighted by Crippen LogP contribution is -2.26. The fourth-order valence-corrected chi connectivity index (χ4v) is 1.86. The molecule has 19 heavy (non-hydrogen) atoms. The molecular formula is C15H17N3O. The van der Waals surface area contributed by atoms with E-state index in [1.165, 1.54) is 0 Å². The number of amides is 1. The van der Waals surface area contributed by atoms with Gasteiger partial charge < -0.3 is 10.6 Å². The van der Waals surface area contributed by atoms with Crippen molar-refractivity contribution in [2.24, 2.45) is 0 Å². The van der Waals surface area contributed by atoms with Gasteiger partial charge in [-0.15, -0.1) is 0 Å². The van der Waals surface area contributed by atoms with Crippen molar-refractivity contribution in [3.8, 4) is 0 Å². The van der Waals surface area contributed by atoms with Crippen LogP contribution in [0.15, 0.2) is 42.7 Å². The predicted molar refractivity (Wildman–Crippen MR) is 75.6 cm³/mol. The van der Waals surface area contributed by atoms with Crippen molar-refractivity contribution in [2.45, 2.75) is 13.5 Å². The van der Waals surface area contributed by atoms with Crippen LogP contribution in [0.5, 0.6) is 0 Å². The number of carbonyl (C=O) groups is 1. The average Bonchev–Trinajstić information content (AvgIpc) is 2.42. The molecule has 98 valence electrons. The van der Waals surface area contributed by atoms with Crippen molar-refractivity contribution in [1.29, 1.82) is 0 Å². The zero-order chi connectivity index (χ0) is 13.8. The first-order valence-electron chi connectivity index (χ1n) is 6.08. The fraction of sp³-hybridized carbons (Fsp3) is 0.200. The number of nitrogens with zero attached hydrogens (tertiary/aromatic N) is 2. The number of hydrogen-bond donors (Lipinski definition) is 1. The molecule has 1 heterocycles. The van der Waals surface area contributed by atoms with Crippen molar-refractivity contribution in [3.63, 3.8) is 0 Å². The second-order valence-corrected chi connectivity index (χ2v) is 4.59. The molecule has 0 aliphatic carbocycles. The highest BCUT2D eigenvalue weighted by molar-refractivity contribution is 5.94. The summed E-state index contributed by atoms with van der Waals surface area (Å²) >= 11 is 0. The van der Waals surface area contributed by atoms with Gasteiger partial charge in [-0.3, -0.25) is 9.78 Å². The van der Waals surface area contributed by atoms with Crippen LogP contribution in [0.2, 0.25) is 0 Å². The Morgan fingerprint density at radius 1 is 1.26 bits per heavy atom. The van der Waals surface area contributed by atoms with Gasteiger partial charge in [0.2, 0.25) is 0 Å². The Morgan fingerprint density at radius 2 is 1.95 bits per heavy atom. The molecule has 0 saturated heterocycles. The van der Waals surface area contributed by atoms with Gasteiger partial charge in [0.25, 0.3) is 5.91 Å². The first-order valence-corrected chi connectivity index (χ1v) is 6.08. The molecule has 2 rings (SSSR count). The highest BCUT2D eigenvalue weighted by atomic mass is 16.2. The number of nitrogen functional groups attached to an aromatic ring is 1. The minimum Gasteiger partial charge on any atom is -0.399 e. The minimum absolute atomic E-state index is 0.0140. The maximum absolute atomic E-state index is 12.3. The van der Waals surface area contributed by atoms with Gasteiger partial charge in [-0.25, -0.2) is 0 Å². The number of rotatable bonds is 3. The molecule has 0 atom stereocenters. The van der Waals surface area contributed by atoms with Crippen LogP contribution in [-0.4, -0.2) is 22.8 Å². The normalized spacial score (nSPS) is 10.2. The number of anilines is 1. The molecule has 4 nitrogen and oxygen atoms in total. The number of benzene rings is 1. The lowest BCUT2D eigenvalue weighted by molar-refractivity contribution is 0.0785. The monoisotopic (exact) mass is 255 g/mol. The molecule has 2 aromatic rings. The third-order valence-electron chi connectivity index (χ3n) is 3.03. The zero-order valence-corrected chi connectivity index (χ0v) is 11.1. The summed E-state index contributed by atoms with van der Waals surface area (Å²) in [6, 6.07) is 9.15. The van der Waals surface area contributed by atoms with E-state index in [2.05, 4.69) is 4.98 Å². The number of aryl methyl sites for hydroxylation is 1. The Bertz CT molecular complexity index is 581.